The van der Waals surface area contributed by atoms with Crippen molar-refractivity contribution in [1.82, 2.24) is 0 Å². The summed E-state index contributed by atoms with van der Waals surface area (Å²) in [6.45, 7) is -0.568. The number of carbonyl (C=O) groups excluding carboxylic acids is 3. The van der Waals surface area contributed by atoms with Crippen molar-refractivity contribution in [2.75, 3.05) is 13.7 Å². The molecule has 2 heterocycles. The molecule has 0 aromatic heterocycles. The summed E-state index contributed by atoms with van der Waals surface area (Å²) in [6.07, 6.45) is -0.935. The molecule has 45 heavy (non-hydrogen) atoms. The van der Waals surface area contributed by atoms with Gasteiger partial charge in [-0.05, 0) is 48.9 Å². The molecule has 0 bridgehead atoms. The number of ether oxygens (including phenoxy) is 5. The summed E-state index contributed by atoms with van der Waals surface area (Å²) in [5.74, 6) is -2.98. The lowest BCUT2D eigenvalue weighted by molar-refractivity contribution is -0.300. The largest absolute Gasteiger partial charge is 0.455 e. The van der Waals surface area contributed by atoms with Crippen LogP contribution in [0, 0.1) is 11.8 Å². The number of benzene rings is 3. The van der Waals surface area contributed by atoms with Crippen LogP contribution in [-0.2, 0) is 46.1 Å². The molecule has 2 aliphatic rings. The zero-order valence-electron chi connectivity index (χ0n) is 25.1. The first-order valence-corrected chi connectivity index (χ1v) is 15.2. The Hall–Kier alpha value is -4.31. The molecule has 0 amide bonds. The molecule has 2 aliphatic heterocycles. The van der Waals surface area contributed by atoms with Gasteiger partial charge in [0.25, 0.3) is 0 Å². The van der Waals surface area contributed by atoms with E-state index in [1.54, 1.807) is 30.3 Å². The fourth-order valence-electron chi connectivity index (χ4n) is 5.69. The molecule has 236 valence electrons. The number of methoxy groups -OCH3 is 1. The molecule has 1 N–H and O–H groups in total. The molecule has 3 aromatic carbocycles. The van der Waals surface area contributed by atoms with Gasteiger partial charge in [0.05, 0.1) is 24.0 Å². The quantitative estimate of drug-likeness (QED) is 0.223. The second-order valence-corrected chi connectivity index (χ2v) is 11.2. The van der Waals surface area contributed by atoms with Gasteiger partial charge in [-0.2, -0.15) is 0 Å². The Labute approximate surface area is 262 Å². The van der Waals surface area contributed by atoms with Crippen LogP contribution in [0.25, 0.3) is 0 Å². The number of hydrogen-bond donors (Lipinski definition) is 1. The zero-order valence-corrected chi connectivity index (χ0v) is 25.1. The van der Waals surface area contributed by atoms with Gasteiger partial charge in [0.1, 0.15) is 6.10 Å². The highest BCUT2D eigenvalue weighted by Crippen LogP contribution is 2.32. The maximum Gasteiger partial charge on any atom is 0.338 e. The molecular formula is C36H38O9. The Morgan fingerprint density at radius 1 is 0.756 bits per heavy atom. The highest BCUT2D eigenvalue weighted by atomic mass is 16.7. The standard InChI is InChI=1S/C36H38O9/c1-41-36-32(45-33(38)26-17-9-4-10-18-26)31-30(29(23-37)42-36)43-34(39)27(21-24-13-5-2-6-14-24)19-11-12-20-28(35(40)44-31)22-25-15-7-3-8-16-25/h2-18,27-32,36-37H,19-23H2,1H3/t27-,28-,29-,30-,31+,32+,36+/m1/s1. The number of hydrogen-bond acceptors (Lipinski definition) is 9. The first-order valence-electron chi connectivity index (χ1n) is 15.2. The van der Waals surface area contributed by atoms with E-state index in [0.29, 0.717) is 25.7 Å². The Bertz CT molecular complexity index is 1430. The molecule has 5 rings (SSSR count). The fraction of sp³-hybridized carbons (Fsp3) is 0.361. The topological polar surface area (TPSA) is 118 Å². The molecule has 1 saturated heterocycles. The van der Waals surface area contributed by atoms with Gasteiger partial charge in [-0.1, -0.05) is 91.0 Å². The van der Waals surface area contributed by atoms with E-state index >= 15 is 0 Å². The van der Waals surface area contributed by atoms with E-state index in [1.165, 1.54) is 7.11 Å². The van der Waals surface area contributed by atoms with Gasteiger partial charge in [0.15, 0.2) is 24.6 Å². The predicted molar refractivity (Wildman–Crippen MR) is 164 cm³/mol. The minimum atomic E-state index is -1.33. The van der Waals surface area contributed by atoms with Crippen LogP contribution < -0.4 is 0 Å². The van der Waals surface area contributed by atoms with Crippen LogP contribution in [0.4, 0.5) is 0 Å². The molecular weight excluding hydrogens is 576 g/mol. The summed E-state index contributed by atoms with van der Waals surface area (Å²) in [7, 11) is 1.35. The van der Waals surface area contributed by atoms with Gasteiger partial charge in [0, 0.05) is 7.11 Å². The molecule has 0 spiro atoms. The number of fused-ring (bicyclic) bond motifs is 1. The zero-order chi connectivity index (χ0) is 31.6. The third-order valence-electron chi connectivity index (χ3n) is 8.08. The van der Waals surface area contributed by atoms with Crippen molar-refractivity contribution in [2.24, 2.45) is 11.8 Å². The van der Waals surface area contributed by atoms with E-state index in [4.69, 9.17) is 23.7 Å². The van der Waals surface area contributed by atoms with Gasteiger partial charge in [-0.3, -0.25) is 9.59 Å². The second kappa shape index (κ2) is 15.6. The SMILES string of the molecule is CO[C@H]1O[C@H](CO)[C@H]2OC(=O)[C@@H](Cc3ccccc3)CC=CC[C@H](Cc3ccccc3)C(=O)O[C@@H]2[C@@H]1OC(=O)c1ccccc1. The van der Waals surface area contributed by atoms with Crippen molar-refractivity contribution >= 4 is 17.9 Å². The lowest BCUT2D eigenvalue weighted by Gasteiger charge is -2.44. The normalized spacial score (nSPS) is 27.2. The maximum atomic E-state index is 13.9. The van der Waals surface area contributed by atoms with Gasteiger partial charge in [0.2, 0.25) is 0 Å². The van der Waals surface area contributed by atoms with E-state index in [9.17, 15) is 19.5 Å². The number of allylic oxidation sites excluding steroid dienone is 2. The Morgan fingerprint density at radius 2 is 1.24 bits per heavy atom. The average Bonchev–Trinajstić information content (AvgIpc) is 3.07. The minimum absolute atomic E-state index is 0.264. The lowest BCUT2D eigenvalue weighted by Crippen LogP contribution is -2.63. The third-order valence-corrected chi connectivity index (χ3v) is 8.08. The van der Waals surface area contributed by atoms with E-state index < -0.39 is 67.1 Å². The van der Waals surface area contributed by atoms with E-state index in [2.05, 4.69) is 0 Å². The van der Waals surface area contributed by atoms with Crippen molar-refractivity contribution in [3.63, 3.8) is 0 Å². The summed E-state index contributed by atoms with van der Waals surface area (Å²) < 4.78 is 29.5. The lowest BCUT2D eigenvalue weighted by atomic mass is 9.92. The Kier molecular flexibility index (Phi) is 11.1. The van der Waals surface area contributed by atoms with Crippen molar-refractivity contribution in [1.29, 1.82) is 0 Å². The molecule has 7 atom stereocenters. The van der Waals surface area contributed by atoms with Crippen LogP contribution in [0.2, 0.25) is 0 Å². The third kappa shape index (κ3) is 8.25. The summed E-state index contributed by atoms with van der Waals surface area (Å²) in [4.78, 5) is 40.9. The number of aliphatic hydroxyl groups is 1. The summed E-state index contributed by atoms with van der Waals surface area (Å²) in [6, 6.07) is 27.5. The number of rotatable bonds is 8. The van der Waals surface area contributed by atoms with E-state index in [-0.39, 0.29) is 5.56 Å². The van der Waals surface area contributed by atoms with Crippen LogP contribution >= 0.6 is 0 Å². The van der Waals surface area contributed by atoms with Gasteiger partial charge in [-0.25, -0.2) is 4.79 Å². The van der Waals surface area contributed by atoms with Crippen LogP contribution in [0.1, 0.15) is 34.3 Å². The summed E-state index contributed by atoms with van der Waals surface area (Å²) in [5, 5.41) is 10.3. The van der Waals surface area contributed by atoms with Crippen LogP contribution in [0.5, 0.6) is 0 Å². The molecule has 9 nitrogen and oxygen atoms in total. The van der Waals surface area contributed by atoms with Crippen molar-refractivity contribution in [3.05, 3.63) is 120 Å². The highest BCUT2D eigenvalue weighted by molar-refractivity contribution is 5.89. The molecule has 0 saturated carbocycles. The van der Waals surface area contributed by atoms with Crippen molar-refractivity contribution < 1.29 is 43.2 Å². The van der Waals surface area contributed by atoms with Crippen LogP contribution in [0.3, 0.4) is 0 Å². The Morgan fingerprint density at radius 3 is 1.73 bits per heavy atom. The molecule has 0 unspecified atom stereocenters. The van der Waals surface area contributed by atoms with E-state index in [1.807, 2.05) is 72.8 Å². The first-order chi connectivity index (χ1) is 22.0. The van der Waals surface area contributed by atoms with Crippen molar-refractivity contribution in [3.8, 4) is 0 Å². The smallest absolute Gasteiger partial charge is 0.338 e. The van der Waals surface area contributed by atoms with Gasteiger partial charge >= 0.3 is 17.9 Å². The molecule has 0 aliphatic carbocycles. The fourth-order valence-corrected chi connectivity index (χ4v) is 5.69. The van der Waals surface area contributed by atoms with Gasteiger partial charge < -0.3 is 28.8 Å². The number of carbonyl (C=O) groups is 3. The molecule has 0 radical (unpaired) electrons. The Balaban J connectivity index is 1.52. The molecule has 9 heteroatoms. The first kappa shape index (κ1) is 32.1. The summed E-state index contributed by atoms with van der Waals surface area (Å²) >= 11 is 0. The van der Waals surface area contributed by atoms with Crippen LogP contribution in [-0.4, -0.2) is 67.4 Å². The number of aliphatic hydroxyl groups excluding tert-OH is 1. The molecule has 1 fully saturated rings. The van der Waals surface area contributed by atoms with Gasteiger partial charge in [-0.15, -0.1) is 0 Å². The molecule has 3 aromatic rings. The second-order valence-electron chi connectivity index (χ2n) is 11.2. The number of esters is 3. The average molecular weight is 615 g/mol. The minimum Gasteiger partial charge on any atom is -0.455 e. The maximum absolute atomic E-state index is 13.9. The highest BCUT2D eigenvalue weighted by Gasteiger charge is 2.53. The van der Waals surface area contributed by atoms with Crippen molar-refractivity contribution in [2.45, 2.75) is 56.4 Å². The van der Waals surface area contributed by atoms with Crippen LogP contribution in [0.15, 0.2) is 103 Å². The van der Waals surface area contributed by atoms with E-state index in [0.717, 1.165) is 11.1 Å². The monoisotopic (exact) mass is 614 g/mol. The predicted octanol–water partition coefficient (Wildman–Crippen LogP) is 4.47. The summed E-state index contributed by atoms with van der Waals surface area (Å²) in [5.41, 5.74) is 2.17.